The molecule has 0 spiro atoms. The van der Waals surface area contributed by atoms with Crippen LogP contribution in [0.25, 0.3) is 22.1 Å². The second-order valence-electron chi connectivity index (χ2n) is 11.2. The molecule has 0 bridgehead atoms. The highest BCUT2D eigenvalue weighted by Crippen LogP contribution is 2.40. The van der Waals surface area contributed by atoms with Crippen LogP contribution in [0, 0.1) is 17.8 Å². The third kappa shape index (κ3) is 4.84. The van der Waals surface area contributed by atoms with Crippen molar-refractivity contribution >= 4 is 27.9 Å². The molecule has 8 nitrogen and oxygen atoms in total. The summed E-state index contributed by atoms with van der Waals surface area (Å²) in [5.74, 6) is 2.69. The van der Waals surface area contributed by atoms with Gasteiger partial charge < -0.3 is 25.3 Å². The number of benzene rings is 1. The number of halogens is 3. The van der Waals surface area contributed by atoms with Crippen molar-refractivity contribution in [3.8, 4) is 0 Å². The molecule has 2 unspecified atom stereocenters. The summed E-state index contributed by atoms with van der Waals surface area (Å²) in [7, 11) is 2.14. The van der Waals surface area contributed by atoms with E-state index in [4.69, 9.17) is 5.73 Å². The molecular formula is C27H32F3N7O. The van der Waals surface area contributed by atoms with Gasteiger partial charge in [0.1, 0.15) is 23.6 Å². The van der Waals surface area contributed by atoms with Crippen LogP contribution >= 0.6 is 0 Å². The highest BCUT2D eigenvalue weighted by atomic mass is 19.4. The Morgan fingerprint density at radius 1 is 1.08 bits per heavy atom. The van der Waals surface area contributed by atoms with Gasteiger partial charge in [-0.3, -0.25) is 0 Å². The molecule has 1 aromatic carbocycles. The summed E-state index contributed by atoms with van der Waals surface area (Å²) in [5, 5.41) is 11.6. The standard InChI is InChI=1S/C27H32F3N7O/c1-36(13-17-8-22(23(38)9-17)37-5-4-19-25(31)32-14-33-26(19)37)12-16-6-15(7-16)10-24-34-20-3-2-18(27(28,29)30)11-21(20)35-24/h2-5,11,14-17,22-23,38H,6-10,12-13H2,1H3,(H,34,35)(H2,31,32,33)/t15?,16?,17?,22?,23-/m1/s1. The lowest BCUT2D eigenvalue weighted by atomic mass is 9.73. The summed E-state index contributed by atoms with van der Waals surface area (Å²) in [6, 6.07) is 5.54. The molecule has 11 heteroatoms. The lowest BCUT2D eigenvalue weighted by molar-refractivity contribution is -0.137. The number of aromatic amines is 1. The molecule has 2 saturated carbocycles. The lowest BCUT2D eigenvalue weighted by Crippen LogP contribution is -2.37. The summed E-state index contributed by atoms with van der Waals surface area (Å²) in [5.41, 5.74) is 7.09. The van der Waals surface area contributed by atoms with Crippen molar-refractivity contribution in [3.05, 3.63) is 48.2 Å². The maximum atomic E-state index is 13.0. The number of aromatic nitrogens is 5. The molecule has 0 radical (unpaired) electrons. The highest BCUT2D eigenvalue weighted by molar-refractivity contribution is 5.86. The Kier molecular flexibility index (Phi) is 6.30. The first-order valence-electron chi connectivity index (χ1n) is 13.1. The van der Waals surface area contributed by atoms with Crippen molar-refractivity contribution in [2.24, 2.45) is 17.8 Å². The summed E-state index contributed by atoms with van der Waals surface area (Å²) in [6.07, 6.45) is 3.19. The van der Waals surface area contributed by atoms with E-state index in [0.717, 1.165) is 74.2 Å². The van der Waals surface area contributed by atoms with Crippen molar-refractivity contribution < 1.29 is 18.3 Å². The molecule has 3 heterocycles. The van der Waals surface area contributed by atoms with Gasteiger partial charge in [0.25, 0.3) is 0 Å². The first kappa shape index (κ1) is 25.1. The van der Waals surface area contributed by atoms with E-state index in [1.54, 1.807) is 0 Å². The van der Waals surface area contributed by atoms with Gasteiger partial charge in [-0.1, -0.05) is 0 Å². The number of aliphatic hydroxyl groups excluding tert-OH is 1. The monoisotopic (exact) mass is 527 g/mol. The van der Waals surface area contributed by atoms with Crippen molar-refractivity contribution in [2.75, 3.05) is 25.9 Å². The largest absolute Gasteiger partial charge is 0.416 e. The number of hydrogen-bond donors (Lipinski definition) is 3. The lowest BCUT2D eigenvalue weighted by Gasteiger charge is -2.38. The van der Waals surface area contributed by atoms with E-state index in [9.17, 15) is 18.3 Å². The van der Waals surface area contributed by atoms with Gasteiger partial charge in [0.15, 0.2) is 0 Å². The number of alkyl halides is 3. The molecule has 38 heavy (non-hydrogen) atoms. The minimum absolute atomic E-state index is 0.0238. The van der Waals surface area contributed by atoms with Gasteiger partial charge in [-0.05, 0) is 74.8 Å². The van der Waals surface area contributed by atoms with Gasteiger partial charge in [0.05, 0.1) is 34.1 Å². The molecule has 3 aromatic heterocycles. The number of hydrogen-bond acceptors (Lipinski definition) is 6. The molecular weight excluding hydrogens is 495 g/mol. The van der Waals surface area contributed by atoms with Crippen molar-refractivity contribution in [1.82, 2.24) is 29.4 Å². The van der Waals surface area contributed by atoms with E-state index in [-0.39, 0.29) is 6.04 Å². The molecule has 4 N–H and O–H groups in total. The van der Waals surface area contributed by atoms with Gasteiger partial charge in [-0.25, -0.2) is 15.0 Å². The van der Waals surface area contributed by atoms with E-state index < -0.39 is 17.8 Å². The summed E-state index contributed by atoms with van der Waals surface area (Å²) < 4.78 is 41.0. The smallest absolute Gasteiger partial charge is 0.391 e. The Hall–Kier alpha value is -3.18. The maximum Gasteiger partial charge on any atom is 0.416 e. The average Bonchev–Trinajstić information content (AvgIpc) is 3.53. The van der Waals surface area contributed by atoms with Crippen molar-refractivity contribution in [2.45, 2.75) is 50.4 Å². The molecule has 6 rings (SSSR count). The van der Waals surface area contributed by atoms with Gasteiger partial charge >= 0.3 is 6.18 Å². The zero-order valence-electron chi connectivity index (χ0n) is 21.2. The van der Waals surface area contributed by atoms with Crippen LogP contribution < -0.4 is 5.73 Å². The van der Waals surface area contributed by atoms with Crippen LogP contribution in [0.5, 0.6) is 0 Å². The minimum Gasteiger partial charge on any atom is -0.391 e. The molecule has 4 aromatic rings. The highest BCUT2D eigenvalue weighted by Gasteiger charge is 2.37. The zero-order valence-corrected chi connectivity index (χ0v) is 21.2. The number of nitrogens with two attached hydrogens (primary N) is 1. The zero-order chi connectivity index (χ0) is 26.6. The molecule has 3 atom stereocenters. The topological polar surface area (TPSA) is 109 Å². The molecule has 2 aliphatic carbocycles. The second kappa shape index (κ2) is 9.53. The fourth-order valence-electron chi connectivity index (χ4n) is 6.55. The number of nitrogen functional groups attached to an aromatic ring is 1. The van der Waals surface area contributed by atoms with Crippen molar-refractivity contribution in [3.63, 3.8) is 0 Å². The minimum atomic E-state index is -4.36. The number of nitrogens with one attached hydrogen (secondary N) is 1. The van der Waals surface area contributed by atoms with Crippen molar-refractivity contribution in [1.29, 1.82) is 0 Å². The van der Waals surface area contributed by atoms with E-state index >= 15 is 0 Å². The molecule has 0 amide bonds. The van der Waals surface area contributed by atoms with Crippen LogP contribution in [0.1, 0.15) is 43.1 Å². The summed E-state index contributed by atoms with van der Waals surface area (Å²) in [6.45, 7) is 1.93. The van der Waals surface area contributed by atoms with Gasteiger partial charge in [-0.2, -0.15) is 13.2 Å². The predicted molar refractivity (Wildman–Crippen MR) is 138 cm³/mol. The van der Waals surface area contributed by atoms with Crippen LogP contribution in [0.4, 0.5) is 19.0 Å². The summed E-state index contributed by atoms with van der Waals surface area (Å²) >= 11 is 0. The summed E-state index contributed by atoms with van der Waals surface area (Å²) in [4.78, 5) is 18.4. The fraction of sp³-hybridized carbons (Fsp3) is 0.519. The Morgan fingerprint density at radius 2 is 1.84 bits per heavy atom. The molecule has 202 valence electrons. The van der Waals surface area contributed by atoms with Crippen LogP contribution in [-0.2, 0) is 12.6 Å². The van der Waals surface area contributed by atoms with Crippen LogP contribution in [0.3, 0.4) is 0 Å². The van der Waals surface area contributed by atoms with Gasteiger partial charge in [0, 0.05) is 25.7 Å². The van der Waals surface area contributed by atoms with Gasteiger partial charge in [-0.15, -0.1) is 0 Å². The number of rotatable bonds is 7. The third-order valence-electron chi connectivity index (χ3n) is 8.30. The van der Waals surface area contributed by atoms with E-state index in [2.05, 4.69) is 31.9 Å². The number of H-pyrrole nitrogens is 1. The first-order chi connectivity index (χ1) is 18.1. The number of aliphatic hydroxyl groups is 1. The number of fused-ring (bicyclic) bond motifs is 2. The Bertz CT molecular complexity index is 1440. The Labute approximate surface area is 218 Å². The molecule has 2 fully saturated rings. The van der Waals surface area contributed by atoms with Crippen LogP contribution in [0.15, 0.2) is 36.8 Å². The maximum absolute atomic E-state index is 13.0. The van der Waals surface area contributed by atoms with Crippen LogP contribution in [0.2, 0.25) is 0 Å². The van der Waals surface area contributed by atoms with Gasteiger partial charge in [0.2, 0.25) is 0 Å². The molecule has 2 aliphatic rings. The normalized spacial score (nSPS) is 26.0. The SMILES string of the molecule is CN(CC1CC(Cc2nc3ccc(C(F)(F)F)cc3[nH]2)C1)CC1CC(n2ccc3c(N)ncnc32)[C@H](O)C1. The van der Waals surface area contributed by atoms with Crippen LogP contribution in [-0.4, -0.2) is 60.8 Å². The third-order valence-corrected chi connectivity index (χ3v) is 8.30. The van der Waals surface area contributed by atoms with E-state index in [0.29, 0.717) is 34.6 Å². The average molecular weight is 528 g/mol. The number of imidazole rings is 1. The quantitative estimate of drug-likeness (QED) is 0.328. The molecule has 0 saturated heterocycles. The Balaban J connectivity index is 0.988. The molecule has 0 aliphatic heterocycles. The van der Waals surface area contributed by atoms with E-state index in [1.807, 2.05) is 16.8 Å². The number of nitrogens with zero attached hydrogens (tertiary/aromatic N) is 5. The number of anilines is 1. The van der Waals surface area contributed by atoms with E-state index in [1.165, 1.54) is 12.4 Å². The second-order valence-corrected chi connectivity index (χ2v) is 11.2. The fourth-order valence-corrected chi connectivity index (χ4v) is 6.55. The Morgan fingerprint density at radius 3 is 2.61 bits per heavy atom. The first-order valence-corrected chi connectivity index (χ1v) is 13.1. The predicted octanol–water partition coefficient (Wildman–Crippen LogP) is 4.42.